The van der Waals surface area contributed by atoms with E-state index in [1.807, 2.05) is 43.1 Å². The molecular formula is C64H76N6O14. The van der Waals surface area contributed by atoms with Gasteiger partial charge in [-0.3, -0.25) is 19.2 Å². The Kier molecular flexibility index (Phi) is 14.6. The lowest BCUT2D eigenvalue weighted by Gasteiger charge is -2.60. The van der Waals surface area contributed by atoms with Gasteiger partial charge < -0.3 is 46.1 Å². The summed E-state index contributed by atoms with van der Waals surface area (Å²) in [7, 11) is 0. The molecule has 446 valence electrons. The maximum atomic E-state index is 12.7. The number of benzene rings is 2. The number of aliphatic hydroxyl groups is 2. The van der Waals surface area contributed by atoms with E-state index in [0.29, 0.717) is 42.6 Å². The smallest absolute Gasteiger partial charge is 0.348 e. The first kappa shape index (κ1) is 58.3. The molecule has 20 nitrogen and oxygen atoms in total. The van der Waals surface area contributed by atoms with E-state index in [2.05, 4.69) is 41.5 Å². The fourth-order valence-corrected chi connectivity index (χ4v) is 18.2. The monoisotopic (exact) mass is 1150 g/mol. The molecule has 84 heavy (non-hydrogen) atoms. The van der Waals surface area contributed by atoms with Gasteiger partial charge in [-0.15, -0.1) is 0 Å². The molecule has 0 bridgehead atoms. The zero-order valence-electron chi connectivity index (χ0n) is 48.4. The fourth-order valence-electron chi connectivity index (χ4n) is 18.2. The van der Waals surface area contributed by atoms with Gasteiger partial charge in [0.1, 0.15) is 0 Å². The number of aromatic nitrogens is 4. The van der Waals surface area contributed by atoms with Crippen LogP contribution < -0.4 is 11.1 Å². The third-order valence-corrected chi connectivity index (χ3v) is 22.0. The number of carboxylic acids is 3. The number of aromatic carboxylic acids is 1. The molecule has 12 rings (SSSR count). The van der Waals surface area contributed by atoms with Gasteiger partial charge in [0.2, 0.25) is 17.1 Å². The first-order valence-corrected chi connectivity index (χ1v) is 29.6. The van der Waals surface area contributed by atoms with Gasteiger partial charge in [-0.2, -0.15) is 10.2 Å². The van der Waals surface area contributed by atoms with Crippen molar-refractivity contribution in [1.29, 1.82) is 0 Å². The molecule has 0 unspecified atom stereocenters. The number of nitrogens with one attached hydrogen (secondary N) is 1. The van der Waals surface area contributed by atoms with Crippen molar-refractivity contribution in [2.75, 3.05) is 6.54 Å². The molecule has 6 fully saturated rings. The predicted octanol–water partition coefficient (Wildman–Crippen LogP) is 7.52. The van der Waals surface area contributed by atoms with Crippen LogP contribution in [0.15, 0.2) is 72.1 Å². The number of aliphatic carboxylic acids is 2. The topological polar surface area (TPSA) is 313 Å². The number of esters is 2. The molecule has 2 amide bonds. The number of primary amides is 1. The first-order chi connectivity index (χ1) is 39.8. The average Bonchev–Trinajstić information content (AvgIpc) is 1.39. The zero-order chi connectivity index (χ0) is 60.2. The van der Waals surface area contributed by atoms with Crippen molar-refractivity contribution >= 4 is 53.8 Å². The summed E-state index contributed by atoms with van der Waals surface area (Å²) >= 11 is 0. The Labute approximate surface area is 486 Å². The second-order valence-corrected chi connectivity index (χ2v) is 26.1. The van der Waals surface area contributed by atoms with Crippen LogP contribution in [0.2, 0.25) is 0 Å². The normalized spacial score (nSPS) is 34.7. The fraction of sp³-hybridized carbons (Fsp3) is 0.547. The van der Waals surface area contributed by atoms with Crippen molar-refractivity contribution in [1.82, 2.24) is 24.9 Å². The molecule has 8 aliphatic rings. The Morgan fingerprint density at radius 2 is 1.07 bits per heavy atom. The molecular weight excluding hydrogens is 1080 g/mol. The maximum Gasteiger partial charge on any atom is 0.348 e. The van der Waals surface area contributed by atoms with Gasteiger partial charge in [0, 0.05) is 29.2 Å². The average molecular weight is 1150 g/mol. The number of hydrogen-bond donors (Lipinski definition) is 7. The summed E-state index contributed by atoms with van der Waals surface area (Å²) < 4.78 is 15.1. The number of ether oxygens (including phenoxy) is 2. The van der Waals surface area contributed by atoms with E-state index >= 15 is 0 Å². The molecule has 2 aromatic carbocycles. The molecule has 8 aliphatic carbocycles. The quantitative estimate of drug-likeness (QED) is 0.0675. The van der Waals surface area contributed by atoms with Crippen LogP contribution >= 0.6 is 0 Å². The van der Waals surface area contributed by atoms with Gasteiger partial charge in [0.15, 0.2) is 0 Å². The Hall–Kier alpha value is -7.45. The van der Waals surface area contributed by atoms with Crippen LogP contribution in [0.5, 0.6) is 0 Å². The molecule has 20 heteroatoms. The Bertz CT molecular complexity index is 3470. The van der Waals surface area contributed by atoms with E-state index in [1.54, 1.807) is 54.9 Å². The van der Waals surface area contributed by atoms with Gasteiger partial charge in [0.25, 0.3) is 5.91 Å². The van der Waals surface area contributed by atoms with Crippen LogP contribution in [-0.2, 0) is 46.3 Å². The highest BCUT2D eigenvalue weighted by molar-refractivity contribution is 5.97. The zero-order valence-corrected chi connectivity index (χ0v) is 48.4. The van der Waals surface area contributed by atoms with Crippen molar-refractivity contribution in [3.63, 3.8) is 0 Å². The Balaban J connectivity index is 0.000000176. The van der Waals surface area contributed by atoms with Crippen molar-refractivity contribution in [3.05, 3.63) is 106 Å². The maximum absolute atomic E-state index is 12.7. The number of carbonyl (C=O) groups excluding carboxylic acids is 4. The van der Waals surface area contributed by atoms with Crippen LogP contribution in [0.25, 0.3) is 23.5 Å². The van der Waals surface area contributed by atoms with E-state index in [0.717, 1.165) is 48.2 Å². The molecule has 0 saturated heterocycles. The molecule has 0 aliphatic heterocycles. The molecule has 6 saturated carbocycles. The number of nitrogens with zero attached hydrogens (tertiary/aromatic N) is 4. The highest BCUT2D eigenvalue weighted by Crippen LogP contribution is 2.70. The summed E-state index contributed by atoms with van der Waals surface area (Å²) in [6, 6.07) is 13.7. The number of amides is 2. The van der Waals surface area contributed by atoms with E-state index in [-0.39, 0.29) is 97.0 Å². The number of carboxylic acid groups (broad SMARTS) is 3. The SMILES string of the molecule is CCC(=O)O[C@]1(C(=O)O)CC[C@H]2[C@@H]3CCC4=Cc5c(cnn5-c5cccc(C(=O)NCC(N)=O)c5)C[C@]4(C)[C@H]3[C@@H](O)C[C@@]21C.CCC(=O)O[C@]1(C(=O)O)CC[C@H]2[C@@H]3CCC4=Cc5c(cnn5-c5cccc(C(=O)O)c5)C[C@]4(C)[C@H]3[C@@H](O)C[C@@]21C. The number of aliphatic hydroxyl groups excluding tert-OH is 2. The molecule has 4 aromatic rings. The van der Waals surface area contributed by atoms with E-state index in [1.165, 1.54) is 11.1 Å². The minimum atomic E-state index is -1.64. The molecule has 2 aromatic heterocycles. The van der Waals surface area contributed by atoms with Gasteiger partial charge in [-0.25, -0.2) is 23.7 Å². The van der Waals surface area contributed by atoms with E-state index < -0.39 is 75.9 Å². The first-order valence-electron chi connectivity index (χ1n) is 29.6. The second kappa shape index (κ2) is 21.0. The van der Waals surface area contributed by atoms with Crippen LogP contribution in [0.4, 0.5) is 0 Å². The number of fused-ring (bicyclic) bond motifs is 12. The summed E-state index contributed by atoms with van der Waals surface area (Å²) in [4.78, 5) is 85.4. The van der Waals surface area contributed by atoms with Crippen LogP contribution in [-0.4, -0.2) is 117 Å². The van der Waals surface area contributed by atoms with Crippen molar-refractivity contribution in [2.45, 2.75) is 155 Å². The predicted molar refractivity (Wildman–Crippen MR) is 304 cm³/mol. The lowest BCUT2D eigenvalue weighted by Crippen LogP contribution is -2.63. The number of hydrogen-bond acceptors (Lipinski definition) is 13. The summed E-state index contributed by atoms with van der Waals surface area (Å²) in [5.74, 6) is -5.26. The number of nitrogens with two attached hydrogens (primary N) is 1. The van der Waals surface area contributed by atoms with Crippen molar-refractivity contribution < 1.29 is 68.6 Å². The Morgan fingerprint density at radius 3 is 1.48 bits per heavy atom. The van der Waals surface area contributed by atoms with Gasteiger partial charge >= 0.3 is 29.8 Å². The summed E-state index contributed by atoms with van der Waals surface area (Å²) in [5, 5.41) is 65.7. The second-order valence-electron chi connectivity index (χ2n) is 26.1. The minimum absolute atomic E-state index is 0.00241. The number of rotatable bonds is 12. The lowest BCUT2D eigenvalue weighted by atomic mass is 9.45. The number of carbonyl (C=O) groups is 7. The molecule has 14 atom stereocenters. The van der Waals surface area contributed by atoms with E-state index in [4.69, 9.17) is 15.2 Å². The van der Waals surface area contributed by atoms with Crippen LogP contribution in [0, 0.1) is 57.2 Å². The minimum Gasteiger partial charge on any atom is -0.478 e. The lowest BCUT2D eigenvalue weighted by molar-refractivity contribution is -0.210. The molecule has 0 radical (unpaired) electrons. The van der Waals surface area contributed by atoms with Crippen LogP contribution in [0.3, 0.4) is 0 Å². The van der Waals surface area contributed by atoms with Crippen LogP contribution in [0.1, 0.15) is 162 Å². The summed E-state index contributed by atoms with van der Waals surface area (Å²) in [6.45, 7) is 11.3. The molecule has 2 heterocycles. The standard InChI is InChI=1S/C33H40N4O7.C31H36N2O7/c1-4-27(40)44-33(30(42)43)11-10-23-22-9-8-20-13-24-19(14-31(20,2)28(22)25(38)15-32(23,33)3)16-36-37(24)21-7-5-6-18(12-21)29(41)35-17-26(34)39;1-4-25(35)40-31(28(38)39)11-10-22-21-9-8-19-13-23-18(14-29(19,2)26(21)24(34)15-30(22,31)3)16-32-33(23)20-7-5-6-17(12-20)27(36)37/h5-7,12-13,16,22-23,25,28,38H,4,8-11,14-15,17H2,1-3H3,(H2,34,39)(H,35,41)(H,42,43);5-7,12-13,16,21-22,24,26,34H,4,8-11,14-15H2,1-3H3,(H,36,37)(H,38,39)/t22-,23-,25-,28+,31-,32-,33-;21-,22-,24-,26+,29-,30-,31-/m00/s1. The Morgan fingerprint density at radius 1 is 0.643 bits per heavy atom. The van der Waals surface area contributed by atoms with Gasteiger partial charge in [0.05, 0.1) is 59.5 Å². The largest absolute Gasteiger partial charge is 0.478 e. The summed E-state index contributed by atoms with van der Waals surface area (Å²) in [5.41, 5.74) is 7.84. The van der Waals surface area contributed by atoms with Crippen molar-refractivity contribution in [3.8, 4) is 11.4 Å². The highest BCUT2D eigenvalue weighted by atomic mass is 16.6. The van der Waals surface area contributed by atoms with E-state index in [9.17, 15) is 59.1 Å². The third kappa shape index (κ3) is 8.84. The van der Waals surface area contributed by atoms with Crippen molar-refractivity contribution in [2.24, 2.45) is 62.9 Å². The molecule has 0 spiro atoms. The highest BCUT2D eigenvalue weighted by Gasteiger charge is 2.73. The van der Waals surface area contributed by atoms with Gasteiger partial charge in [-0.1, -0.05) is 64.8 Å². The summed E-state index contributed by atoms with van der Waals surface area (Å²) in [6.07, 6.45) is 13.6. The third-order valence-electron chi connectivity index (χ3n) is 22.0. The number of allylic oxidation sites excluding steroid dienone is 2. The van der Waals surface area contributed by atoms with Gasteiger partial charge in [-0.05, 0) is 183 Å². The molecule has 8 N–H and O–H groups in total.